The lowest BCUT2D eigenvalue weighted by atomic mass is 10.3. The van der Waals surface area contributed by atoms with Gasteiger partial charge in [-0.1, -0.05) is 19.1 Å². The molecule has 0 heterocycles. The molecule has 2 nitrogen and oxygen atoms in total. The van der Waals surface area contributed by atoms with Crippen LogP contribution in [0.2, 0.25) is 0 Å². The van der Waals surface area contributed by atoms with Crippen LogP contribution in [0.5, 0.6) is 0 Å². The predicted molar refractivity (Wildman–Crippen MR) is 53.1 cm³/mol. The molecule has 0 saturated carbocycles. The van der Waals surface area contributed by atoms with Crippen LogP contribution in [0.1, 0.15) is 6.92 Å². The van der Waals surface area contributed by atoms with Crippen molar-refractivity contribution in [3.63, 3.8) is 0 Å². The van der Waals surface area contributed by atoms with E-state index in [9.17, 15) is 8.60 Å². The van der Waals surface area contributed by atoms with Gasteiger partial charge in [0.1, 0.15) is 11.5 Å². The third-order valence-corrected chi connectivity index (χ3v) is 3.33. The lowest BCUT2D eigenvalue weighted by Crippen LogP contribution is -1.98. The highest BCUT2D eigenvalue weighted by atomic mass is 32.2. The molecule has 0 radical (unpaired) electrons. The molecule has 1 rings (SSSR count). The fraction of sp³-hybridized carbons (Fsp3) is 0.333. The summed E-state index contributed by atoms with van der Waals surface area (Å²) in [6.07, 6.45) is 1.53. The fourth-order valence-corrected chi connectivity index (χ4v) is 1.49. The molecule has 1 atom stereocenters. The van der Waals surface area contributed by atoms with Gasteiger partial charge in [-0.05, 0) is 12.1 Å². The molecule has 0 amide bonds. The van der Waals surface area contributed by atoms with Gasteiger partial charge in [-0.15, -0.1) is 0 Å². The maximum Gasteiger partial charge on any atom is 0.149 e. The second-order valence-electron chi connectivity index (χ2n) is 2.79. The first kappa shape index (κ1) is 10.2. The molecule has 72 valence electrons. The Balaban J connectivity index is 3.19. The summed E-state index contributed by atoms with van der Waals surface area (Å²) in [6.45, 7) is 1.77. The minimum Gasteiger partial charge on any atom is -0.250 e. The molecule has 0 aliphatic rings. The van der Waals surface area contributed by atoms with Gasteiger partial charge in [-0.25, -0.2) is 8.60 Å². The number of hydrogen-bond donors (Lipinski definition) is 0. The van der Waals surface area contributed by atoms with Crippen LogP contribution < -0.4 is 0 Å². The average molecular weight is 201 g/mol. The molecule has 0 saturated heterocycles. The van der Waals surface area contributed by atoms with E-state index < -0.39 is 15.5 Å². The van der Waals surface area contributed by atoms with Gasteiger partial charge in [-0.2, -0.15) is 4.36 Å². The van der Waals surface area contributed by atoms with E-state index in [4.69, 9.17) is 0 Å². The van der Waals surface area contributed by atoms with Crippen molar-refractivity contribution in [1.29, 1.82) is 0 Å². The normalized spacial score (nSPS) is 15.0. The first-order valence-electron chi connectivity index (χ1n) is 3.99. The Kier molecular flexibility index (Phi) is 3.03. The van der Waals surface area contributed by atoms with Crippen LogP contribution in [0.25, 0.3) is 0 Å². The number of nitrogens with zero attached hydrogens (tertiary/aromatic N) is 1. The SMILES string of the molecule is CC[S@@](C)(=O)=Nc1ccccc1F. The van der Waals surface area contributed by atoms with Gasteiger partial charge in [0, 0.05) is 21.7 Å². The summed E-state index contributed by atoms with van der Waals surface area (Å²) in [7, 11) is -2.26. The van der Waals surface area contributed by atoms with E-state index in [2.05, 4.69) is 4.36 Å². The molecule has 0 aromatic heterocycles. The van der Waals surface area contributed by atoms with E-state index in [-0.39, 0.29) is 5.69 Å². The molecule has 1 aromatic rings. The van der Waals surface area contributed by atoms with Crippen molar-refractivity contribution in [2.24, 2.45) is 4.36 Å². The number of benzene rings is 1. The zero-order valence-corrected chi connectivity index (χ0v) is 8.47. The maximum absolute atomic E-state index is 13.0. The maximum atomic E-state index is 13.0. The molecule has 13 heavy (non-hydrogen) atoms. The highest BCUT2D eigenvalue weighted by Crippen LogP contribution is 2.18. The number of rotatable bonds is 2. The molecule has 0 N–H and O–H groups in total. The Hall–Kier alpha value is -0.900. The second kappa shape index (κ2) is 3.87. The molecule has 1 aromatic carbocycles. The van der Waals surface area contributed by atoms with E-state index in [0.29, 0.717) is 5.75 Å². The zero-order chi connectivity index (χ0) is 9.90. The number of halogens is 1. The van der Waals surface area contributed by atoms with E-state index in [1.165, 1.54) is 18.4 Å². The molecule has 4 heteroatoms. The molecule has 0 spiro atoms. The van der Waals surface area contributed by atoms with E-state index in [0.717, 1.165) is 0 Å². The van der Waals surface area contributed by atoms with Crippen LogP contribution in [0.15, 0.2) is 28.6 Å². The van der Waals surface area contributed by atoms with Crippen LogP contribution >= 0.6 is 0 Å². The Labute approximate surface area is 78.0 Å². The molecule has 0 unspecified atom stereocenters. The lowest BCUT2D eigenvalue weighted by molar-refractivity contribution is 0.629. The van der Waals surface area contributed by atoms with Gasteiger partial charge < -0.3 is 0 Å². The second-order valence-corrected chi connectivity index (χ2v) is 5.47. The summed E-state index contributed by atoms with van der Waals surface area (Å²) in [4.78, 5) is 0. The summed E-state index contributed by atoms with van der Waals surface area (Å²) in [5.41, 5.74) is 0.178. The lowest BCUT2D eigenvalue weighted by Gasteiger charge is -2.00. The zero-order valence-electron chi connectivity index (χ0n) is 7.66. The van der Waals surface area contributed by atoms with Gasteiger partial charge in [0.15, 0.2) is 0 Å². The van der Waals surface area contributed by atoms with Crippen molar-refractivity contribution in [2.75, 3.05) is 12.0 Å². The van der Waals surface area contributed by atoms with Gasteiger partial charge in [-0.3, -0.25) is 0 Å². The van der Waals surface area contributed by atoms with Crippen molar-refractivity contribution < 1.29 is 8.60 Å². The van der Waals surface area contributed by atoms with Crippen molar-refractivity contribution in [3.8, 4) is 0 Å². The van der Waals surface area contributed by atoms with Crippen LogP contribution in [-0.4, -0.2) is 16.2 Å². The standard InChI is InChI=1S/C9H12FNOS/c1-3-13(2,12)11-9-7-5-4-6-8(9)10/h4-7H,3H2,1-2H3/t13-/m1/s1. The van der Waals surface area contributed by atoms with Crippen molar-refractivity contribution >= 4 is 15.4 Å². The van der Waals surface area contributed by atoms with Crippen molar-refractivity contribution in [3.05, 3.63) is 30.1 Å². The van der Waals surface area contributed by atoms with Crippen LogP contribution in [0.3, 0.4) is 0 Å². The smallest absolute Gasteiger partial charge is 0.149 e. The summed E-state index contributed by atoms with van der Waals surface area (Å²) >= 11 is 0. The van der Waals surface area contributed by atoms with E-state index in [1.807, 2.05) is 0 Å². The average Bonchev–Trinajstić information content (AvgIpc) is 2.09. The molecule has 0 bridgehead atoms. The first-order chi connectivity index (χ1) is 6.05. The van der Waals surface area contributed by atoms with Gasteiger partial charge in [0.25, 0.3) is 0 Å². The molecular weight excluding hydrogens is 189 g/mol. The Morgan fingerprint density at radius 2 is 2.08 bits per heavy atom. The molecule has 0 fully saturated rings. The van der Waals surface area contributed by atoms with Crippen LogP contribution in [0, 0.1) is 5.82 Å². The van der Waals surface area contributed by atoms with Gasteiger partial charge >= 0.3 is 0 Å². The highest BCUT2D eigenvalue weighted by molar-refractivity contribution is 7.93. The fourth-order valence-electron chi connectivity index (χ4n) is 0.798. The third-order valence-electron chi connectivity index (χ3n) is 1.68. The molecular formula is C9H12FNOS. The molecule has 0 aliphatic heterocycles. The number of hydrogen-bond acceptors (Lipinski definition) is 2. The third kappa shape index (κ3) is 2.81. The monoisotopic (exact) mass is 201 g/mol. The van der Waals surface area contributed by atoms with Crippen LogP contribution in [-0.2, 0) is 9.73 Å². The summed E-state index contributed by atoms with van der Waals surface area (Å²) in [5, 5.41) is 0. The van der Waals surface area contributed by atoms with Crippen LogP contribution in [0.4, 0.5) is 10.1 Å². The van der Waals surface area contributed by atoms with Gasteiger partial charge in [0.05, 0.1) is 0 Å². The minimum atomic E-state index is -2.26. The Bertz CT molecular complexity index is 408. The largest absolute Gasteiger partial charge is 0.250 e. The van der Waals surface area contributed by atoms with E-state index in [1.54, 1.807) is 19.1 Å². The van der Waals surface area contributed by atoms with Gasteiger partial charge in [0.2, 0.25) is 0 Å². The highest BCUT2D eigenvalue weighted by Gasteiger charge is 2.01. The topological polar surface area (TPSA) is 29.4 Å². The predicted octanol–water partition coefficient (Wildman–Crippen LogP) is 2.57. The summed E-state index contributed by atoms with van der Waals surface area (Å²) in [5.74, 6) is 0.00644. The first-order valence-corrected chi connectivity index (χ1v) is 6.09. The van der Waals surface area contributed by atoms with Crippen molar-refractivity contribution in [2.45, 2.75) is 6.92 Å². The summed E-state index contributed by atoms with van der Waals surface area (Å²) in [6, 6.07) is 6.09. The Morgan fingerprint density at radius 1 is 1.46 bits per heavy atom. The summed E-state index contributed by atoms with van der Waals surface area (Å²) < 4.78 is 28.4. The van der Waals surface area contributed by atoms with Crippen molar-refractivity contribution in [1.82, 2.24) is 0 Å². The molecule has 0 aliphatic carbocycles. The quantitative estimate of drug-likeness (QED) is 0.723. The minimum absolute atomic E-state index is 0.178. The van der Waals surface area contributed by atoms with E-state index >= 15 is 0 Å². The Morgan fingerprint density at radius 3 is 2.62 bits per heavy atom.